The molecule has 200 valence electrons. The number of anilines is 1. The summed E-state index contributed by atoms with van der Waals surface area (Å²) in [5.41, 5.74) is 1.62. The number of ketones is 1. The summed E-state index contributed by atoms with van der Waals surface area (Å²) in [5, 5.41) is 11.1. The lowest BCUT2D eigenvalue weighted by Crippen LogP contribution is -2.29. The predicted molar refractivity (Wildman–Crippen MR) is 142 cm³/mol. The van der Waals surface area contributed by atoms with Crippen molar-refractivity contribution in [2.45, 2.75) is 79.3 Å². The number of Topliss-reactive ketones (excluding diaryl/α,β-unsaturated/α-hetero) is 1. The number of aryl methyl sites for hydroxylation is 1. The van der Waals surface area contributed by atoms with E-state index in [9.17, 15) is 18.0 Å². The van der Waals surface area contributed by atoms with Crippen molar-refractivity contribution in [3.05, 3.63) is 41.7 Å². The minimum absolute atomic E-state index is 0.0867. The van der Waals surface area contributed by atoms with Crippen LogP contribution in [0.5, 0.6) is 0 Å². The summed E-state index contributed by atoms with van der Waals surface area (Å²) in [7, 11) is -1.87. The minimum atomic E-state index is -3.40. The molecule has 0 unspecified atom stereocenters. The number of carbonyl (C=O) groups is 2. The smallest absolute Gasteiger partial charge is 0.251 e. The molecule has 2 rings (SSSR count). The molecule has 1 aromatic carbocycles. The zero-order valence-electron chi connectivity index (χ0n) is 22.2. The summed E-state index contributed by atoms with van der Waals surface area (Å²) in [5.74, 6) is 0.564. The fourth-order valence-electron chi connectivity index (χ4n) is 3.52. The molecular formula is C26H41N5O4S. The SMILES string of the molecule is CC(C)CCS(=O)(=O)N(C)c1ccc(C(=O)NCc2cn(CCCCCCC(=O)C(C)C)nn2)cc1. The fourth-order valence-corrected chi connectivity index (χ4v) is 5.01. The standard InChI is InChI=1S/C26H41N5O4S/c1-20(2)15-17-36(34,35)30(5)24-13-11-22(12-14-24)26(33)27-18-23-19-31(29-28-23)16-9-7-6-8-10-25(32)21(3)4/h11-14,19-21H,6-10,15-18H2,1-5H3,(H,27,33). The number of rotatable bonds is 16. The van der Waals surface area contributed by atoms with Gasteiger partial charge in [0.25, 0.3) is 5.91 Å². The number of nitrogens with zero attached hydrogens (tertiary/aromatic N) is 4. The van der Waals surface area contributed by atoms with E-state index in [4.69, 9.17) is 0 Å². The zero-order valence-corrected chi connectivity index (χ0v) is 23.1. The lowest BCUT2D eigenvalue weighted by Gasteiger charge is -2.20. The average Bonchev–Trinajstić information content (AvgIpc) is 3.30. The Balaban J connectivity index is 1.76. The topological polar surface area (TPSA) is 114 Å². The second-order valence-electron chi connectivity index (χ2n) is 9.95. The largest absolute Gasteiger partial charge is 0.346 e. The highest BCUT2D eigenvalue weighted by atomic mass is 32.2. The van der Waals surface area contributed by atoms with E-state index < -0.39 is 10.0 Å². The summed E-state index contributed by atoms with van der Waals surface area (Å²) in [6, 6.07) is 6.50. The number of hydrogen-bond donors (Lipinski definition) is 1. The lowest BCUT2D eigenvalue weighted by molar-refractivity contribution is -0.122. The second kappa shape index (κ2) is 14.1. The van der Waals surface area contributed by atoms with Crippen LogP contribution in [0.2, 0.25) is 0 Å². The third-order valence-electron chi connectivity index (χ3n) is 6.08. The molecule has 2 aromatic rings. The van der Waals surface area contributed by atoms with E-state index in [0.29, 0.717) is 41.5 Å². The number of hydrogen-bond acceptors (Lipinski definition) is 6. The highest BCUT2D eigenvalue weighted by Crippen LogP contribution is 2.19. The first-order chi connectivity index (χ1) is 17.0. The maximum atomic E-state index is 12.5. The van der Waals surface area contributed by atoms with E-state index in [0.717, 1.165) is 32.2 Å². The molecular weight excluding hydrogens is 478 g/mol. The van der Waals surface area contributed by atoms with Gasteiger partial charge in [0.05, 0.1) is 24.2 Å². The van der Waals surface area contributed by atoms with Gasteiger partial charge in [0.2, 0.25) is 10.0 Å². The number of aromatic nitrogens is 3. The molecule has 9 nitrogen and oxygen atoms in total. The van der Waals surface area contributed by atoms with Crippen LogP contribution in [0.1, 0.15) is 82.3 Å². The van der Waals surface area contributed by atoms with Gasteiger partial charge in [-0.1, -0.05) is 45.7 Å². The first kappa shape index (κ1) is 29.5. The third kappa shape index (κ3) is 9.72. The molecule has 0 saturated heterocycles. The predicted octanol–water partition coefficient (Wildman–Crippen LogP) is 4.20. The highest BCUT2D eigenvalue weighted by Gasteiger charge is 2.19. The molecule has 1 heterocycles. The van der Waals surface area contributed by atoms with E-state index >= 15 is 0 Å². The molecule has 1 amide bonds. The molecule has 36 heavy (non-hydrogen) atoms. The lowest BCUT2D eigenvalue weighted by atomic mass is 10.0. The Labute approximate surface area is 215 Å². The van der Waals surface area contributed by atoms with Crippen molar-refractivity contribution in [2.75, 3.05) is 17.1 Å². The van der Waals surface area contributed by atoms with Gasteiger partial charge in [-0.15, -0.1) is 5.10 Å². The Hall–Kier alpha value is -2.75. The quantitative estimate of drug-likeness (QED) is 0.333. The van der Waals surface area contributed by atoms with Gasteiger partial charge < -0.3 is 5.32 Å². The van der Waals surface area contributed by atoms with Crippen LogP contribution in [0, 0.1) is 11.8 Å². The Kier molecular flexibility index (Phi) is 11.6. The van der Waals surface area contributed by atoms with Gasteiger partial charge in [-0.3, -0.25) is 18.6 Å². The molecule has 10 heteroatoms. The Morgan fingerprint density at radius 1 is 1.03 bits per heavy atom. The van der Waals surface area contributed by atoms with Crippen molar-refractivity contribution in [1.82, 2.24) is 20.3 Å². The van der Waals surface area contributed by atoms with Crippen LogP contribution < -0.4 is 9.62 Å². The summed E-state index contributed by atoms with van der Waals surface area (Å²) < 4.78 is 28.0. The van der Waals surface area contributed by atoms with Crippen LogP contribution in [-0.4, -0.2) is 47.9 Å². The Bertz CT molecular complexity index is 1080. The number of unbranched alkanes of at least 4 members (excludes halogenated alkanes) is 3. The van der Waals surface area contributed by atoms with E-state index in [1.54, 1.807) is 28.9 Å². The number of amides is 1. The van der Waals surface area contributed by atoms with E-state index in [2.05, 4.69) is 15.6 Å². The van der Waals surface area contributed by atoms with Crippen molar-refractivity contribution < 1.29 is 18.0 Å². The van der Waals surface area contributed by atoms with Gasteiger partial charge in [-0.2, -0.15) is 0 Å². The maximum absolute atomic E-state index is 12.5. The molecule has 0 aliphatic heterocycles. The first-order valence-corrected chi connectivity index (χ1v) is 14.4. The normalized spacial score (nSPS) is 11.8. The zero-order chi connectivity index (χ0) is 26.7. The van der Waals surface area contributed by atoms with Crippen LogP contribution in [0.3, 0.4) is 0 Å². The molecule has 0 aliphatic carbocycles. The molecule has 0 saturated carbocycles. The summed E-state index contributed by atoms with van der Waals surface area (Å²) in [6.07, 6.45) is 7.01. The van der Waals surface area contributed by atoms with Crippen LogP contribution >= 0.6 is 0 Å². The third-order valence-corrected chi connectivity index (χ3v) is 7.88. The number of nitrogens with one attached hydrogen (secondary N) is 1. The molecule has 0 radical (unpaired) electrons. The molecule has 0 atom stereocenters. The van der Waals surface area contributed by atoms with Crippen LogP contribution in [-0.2, 0) is 27.9 Å². The second-order valence-corrected chi connectivity index (χ2v) is 12.1. The maximum Gasteiger partial charge on any atom is 0.251 e. The molecule has 1 aromatic heterocycles. The van der Waals surface area contributed by atoms with Crippen molar-refractivity contribution >= 4 is 27.4 Å². The van der Waals surface area contributed by atoms with Gasteiger partial charge in [0.1, 0.15) is 11.5 Å². The first-order valence-electron chi connectivity index (χ1n) is 12.8. The molecule has 1 N–H and O–H groups in total. The number of carbonyl (C=O) groups excluding carboxylic acids is 2. The molecule has 0 bridgehead atoms. The van der Waals surface area contributed by atoms with E-state index in [1.165, 1.54) is 11.4 Å². The summed E-state index contributed by atoms with van der Waals surface area (Å²) >= 11 is 0. The Morgan fingerprint density at radius 3 is 2.33 bits per heavy atom. The van der Waals surface area contributed by atoms with Gasteiger partial charge in [0, 0.05) is 31.5 Å². The van der Waals surface area contributed by atoms with E-state index in [1.807, 2.05) is 33.9 Å². The van der Waals surface area contributed by atoms with Crippen molar-refractivity contribution in [3.63, 3.8) is 0 Å². The summed E-state index contributed by atoms with van der Waals surface area (Å²) in [4.78, 5) is 24.2. The van der Waals surface area contributed by atoms with Gasteiger partial charge in [-0.05, 0) is 49.4 Å². The van der Waals surface area contributed by atoms with Gasteiger partial charge in [0.15, 0.2) is 0 Å². The molecule has 0 fully saturated rings. The monoisotopic (exact) mass is 519 g/mol. The van der Waals surface area contributed by atoms with Crippen LogP contribution in [0.25, 0.3) is 0 Å². The highest BCUT2D eigenvalue weighted by molar-refractivity contribution is 7.92. The van der Waals surface area contributed by atoms with Crippen LogP contribution in [0.15, 0.2) is 30.5 Å². The number of sulfonamides is 1. The van der Waals surface area contributed by atoms with E-state index in [-0.39, 0.29) is 24.1 Å². The molecule has 0 aliphatic rings. The van der Waals surface area contributed by atoms with Crippen molar-refractivity contribution in [1.29, 1.82) is 0 Å². The minimum Gasteiger partial charge on any atom is -0.346 e. The number of benzene rings is 1. The van der Waals surface area contributed by atoms with Gasteiger partial charge in [-0.25, -0.2) is 8.42 Å². The van der Waals surface area contributed by atoms with Gasteiger partial charge >= 0.3 is 0 Å². The summed E-state index contributed by atoms with van der Waals surface area (Å²) in [6.45, 7) is 8.85. The molecule has 0 spiro atoms. The van der Waals surface area contributed by atoms with Crippen LogP contribution in [0.4, 0.5) is 5.69 Å². The Morgan fingerprint density at radius 2 is 1.69 bits per heavy atom. The van der Waals surface area contributed by atoms with Crippen molar-refractivity contribution in [3.8, 4) is 0 Å². The fraction of sp³-hybridized carbons (Fsp3) is 0.615. The average molecular weight is 520 g/mol. The van der Waals surface area contributed by atoms with Crippen molar-refractivity contribution in [2.24, 2.45) is 11.8 Å².